The van der Waals surface area contributed by atoms with Crippen LogP contribution in [0.3, 0.4) is 0 Å². The van der Waals surface area contributed by atoms with Crippen molar-refractivity contribution in [2.45, 2.75) is 18.8 Å². The minimum absolute atomic E-state index is 0.420. The van der Waals surface area contributed by atoms with Crippen molar-refractivity contribution in [2.24, 2.45) is 0 Å². The lowest BCUT2D eigenvalue weighted by Gasteiger charge is -2.26. The summed E-state index contributed by atoms with van der Waals surface area (Å²) < 4.78 is 7.56. The molecule has 1 aromatic heterocycles. The number of halogens is 2. The van der Waals surface area contributed by atoms with Crippen LogP contribution in [0.15, 0.2) is 18.2 Å². The van der Waals surface area contributed by atoms with E-state index in [1.165, 1.54) is 0 Å². The maximum Gasteiger partial charge on any atom is 0.124 e. The fourth-order valence-electron chi connectivity index (χ4n) is 2.77. The number of aryl methyl sites for hydroxylation is 1. The number of benzene rings is 1. The summed E-state index contributed by atoms with van der Waals surface area (Å²) in [5, 5.41) is 0.734. The van der Waals surface area contributed by atoms with Crippen molar-refractivity contribution in [2.75, 3.05) is 32.8 Å². The summed E-state index contributed by atoms with van der Waals surface area (Å²) in [5.74, 6) is 1.33. The van der Waals surface area contributed by atoms with E-state index in [-0.39, 0.29) is 0 Å². The number of hydrogen-bond acceptors (Lipinski definition) is 3. The lowest BCUT2D eigenvalue weighted by molar-refractivity contribution is 0.0369. The topological polar surface area (TPSA) is 30.3 Å². The Bertz CT molecular complexity index is 608. The number of hydrogen-bond donors (Lipinski definition) is 0. The number of fused-ring (bicyclic) bond motifs is 1. The van der Waals surface area contributed by atoms with Crippen LogP contribution in [0, 0.1) is 0 Å². The molecule has 1 aliphatic heterocycles. The van der Waals surface area contributed by atoms with E-state index in [0.717, 1.165) is 67.7 Å². The Hall–Kier alpha value is -0.810. The van der Waals surface area contributed by atoms with Crippen LogP contribution in [0.2, 0.25) is 5.02 Å². The molecule has 1 saturated heterocycles. The fraction of sp³-hybridized carbons (Fsp3) is 0.533. The van der Waals surface area contributed by atoms with Crippen molar-refractivity contribution in [1.82, 2.24) is 14.5 Å². The van der Waals surface area contributed by atoms with Crippen molar-refractivity contribution in [3.63, 3.8) is 0 Å². The first-order chi connectivity index (χ1) is 10.3. The Morgan fingerprint density at radius 1 is 1.19 bits per heavy atom. The van der Waals surface area contributed by atoms with E-state index in [0.29, 0.717) is 5.88 Å². The summed E-state index contributed by atoms with van der Waals surface area (Å²) >= 11 is 12.1. The Kier molecular flexibility index (Phi) is 5.01. The predicted molar refractivity (Wildman–Crippen MR) is 86.2 cm³/mol. The predicted octanol–water partition coefficient (Wildman–Crippen LogP) is 3.15. The Labute approximate surface area is 134 Å². The molecule has 1 aromatic carbocycles. The quantitative estimate of drug-likeness (QED) is 0.790. The number of alkyl halides is 1. The molecule has 3 rings (SSSR count). The molecule has 0 spiro atoms. The molecule has 0 aliphatic carbocycles. The van der Waals surface area contributed by atoms with Gasteiger partial charge in [-0.1, -0.05) is 11.6 Å². The van der Waals surface area contributed by atoms with Gasteiger partial charge < -0.3 is 9.30 Å². The Morgan fingerprint density at radius 2 is 2.00 bits per heavy atom. The highest BCUT2D eigenvalue weighted by Crippen LogP contribution is 2.22. The first-order valence-corrected chi connectivity index (χ1v) is 8.20. The molecule has 114 valence electrons. The summed E-state index contributed by atoms with van der Waals surface area (Å²) in [6.45, 7) is 5.73. The SMILES string of the molecule is ClCc1nc2ccc(Cl)cc2n1CCCN1CCOCC1. The third-order valence-electron chi connectivity index (χ3n) is 3.87. The molecular weight excluding hydrogens is 309 g/mol. The molecule has 1 aliphatic rings. The van der Waals surface area contributed by atoms with E-state index in [1.807, 2.05) is 18.2 Å². The zero-order valence-electron chi connectivity index (χ0n) is 11.9. The van der Waals surface area contributed by atoms with Gasteiger partial charge in [-0.15, -0.1) is 11.6 Å². The van der Waals surface area contributed by atoms with E-state index < -0.39 is 0 Å². The average Bonchev–Trinajstić information content (AvgIpc) is 2.86. The lowest BCUT2D eigenvalue weighted by atomic mass is 10.3. The first-order valence-electron chi connectivity index (χ1n) is 7.28. The zero-order valence-corrected chi connectivity index (χ0v) is 13.4. The van der Waals surface area contributed by atoms with Gasteiger partial charge in [-0.2, -0.15) is 0 Å². The molecule has 2 heterocycles. The summed E-state index contributed by atoms with van der Waals surface area (Å²) in [5.41, 5.74) is 2.03. The highest BCUT2D eigenvalue weighted by atomic mass is 35.5. The van der Waals surface area contributed by atoms with Crippen LogP contribution in [0.1, 0.15) is 12.2 Å². The number of nitrogens with zero attached hydrogens (tertiary/aromatic N) is 3. The largest absolute Gasteiger partial charge is 0.379 e. The Balaban J connectivity index is 1.71. The molecule has 6 heteroatoms. The van der Waals surface area contributed by atoms with E-state index in [1.54, 1.807) is 0 Å². The molecule has 1 fully saturated rings. The average molecular weight is 328 g/mol. The van der Waals surface area contributed by atoms with Crippen molar-refractivity contribution >= 4 is 34.2 Å². The maximum absolute atomic E-state index is 6.10. The van der Waals surface area contributed by atoms with Crippen LogP contribution >= 0.6 is 23.2 Å². The standard InChI is InChI=1S/C15H19Cl2N3O/c16-11-15-18-13-3-2-12(17)10-14(13)20(15)5-1-4-19-6-8-21-9-7-19/h2-3,10H,1,4-9,11H2. The molecule has 0 saturated carbocycles. The molecule has 4 nitrogen and oxygen atoms in total. The molecule has 0 amide bonds. The van der Waals surface area contributed by atoms with E-state index >= 15 is 0 Å². The van der Waals surface area contributed by atoms with Crippen LogP contribution in [0.5, 0.6) is 0 Å². The molecule has 21 heavy (non-hydrogen) atoms. The fourth-order valence-corrected chi connectivity index (χ4v) is 3.14. The van der Waals surface area contributed by atoms with E-state index in [9.17, 15) is 0 Å². The summed E-state index contributed by atoms with van der Waals surface area (Å²) in [7, 11) is 0. The second kappa shape index (κ2) is 6.97. The van der Waals surface area contributed by atoms with Crippen LogP contribution in [0.4, 0.5) is 0 Å². The van der Waals surface area contributed by atoms with Crippen LogP contribution < -0.4 is 0 Å². The highest BCUT2D eigenvalue weighted by molar-refractivity contribution is 6.31. The van der Waals surface area contributed by atoms with Crippen LogP contribution in [-0.4, -0.2) is 47.3 Å². The smallest absolute Gasteiger partial charge is 0.124 e. The second-order valence-corrected chi connectivity index (χ2v) is 5.96. The monoisotopic (exact) mass is 327 g/mol. The molecular formula is C15H19Cl2N3O. The van der Waals surface area contributed by atoms with Gasteiger partial charge >= 0.3 is 0 Å². The van der Waals surface area contributed by atoms with Gasteiger partial charge in [0, 0.05) is 31.2 Å². The summed E-state index contributed by atoms with van der Waals surface area (Å²) in [4.78, 5) is 7.02. The molecule has 2 aromatic rings. The van der Waals surface area contributed by atoms with E-state index in [2.05, 4.69) is 14.5 Å². The van der Waals surface area contributed by atoms with Gasteiger partial charge in [-0.25, -0.2) is 4.98 Å². The number of aromatic nitrogens is 2. The van der Waals surface area contributed by atoms with E-state index in [4.69, 9.17) is 27.9 Å². The normalized spacial score (nSPS) is 16.7. The van der Waals surface area contributed by atoms with Gasteiger partial charge in [0.2, 0.25) is 0 Å². The summed E-state index contributed by atoms with van der Waals surface area (Å²) in [6.07, 6.45) is 1.07. The minimum Gasteiger partial charge on any atom is -0.379 e. The second-order valence-electron chi connectivity index (χ2n) is 5.25. The van der Waals surface area contributed by atoms with Crippen LogP contribution in [0.25, 0.3) is 11.0 Å². The van der Waals surface area contributed by atoms with Gasteiger partial charge in [0.1, 0.15) is 5.82 Å². The number of rotatable bonds is 5. The summed E-state index contributed by atoms with van der Waals surface area (Å²) in [6, 6.07) is 5.79. The van der Waals surface area contributed by atoms with Gasteiger partial charge in [-0.05, 0) is 24.6 Å². The molecule has 0 radical (unpaired) electrons. The van der Waals surface area contributed by atoms with Crippen LogP contribution in [-0.2, 0) is 17.2 Å². The lowest BCUT2D eigenvalue weighted by Crippen LogP contribution is -2.37. The van der Waals surface area contributed by atoms with Crippen molar-refractivity contribution < 1.29 is 4.74 Å². The zero-order chi connectivity index (χ0) is 14.7. The third-order valence-corrected chi connectivity index (χ3v) is 4.34. The molecule has 0 atom stereocenters. The maximum atomic E-state index is 6.10. The Morgan fingerprint density at radius 3 is 2.76 bits per heavy atom. The molecule has 0 bridgehead atoms. The highest BCUT2D eigenvalue weighted by Gasteiger charge is 2.12. The number of ether oxygens (including phenoxy) is 1. The minimum atomic E-state index is 0.420. The molecule has 0 unspecified atom stereocenters. The van der Waals surface area contributed by atoms with Crippen molar-refractivity contribution in [3.05, 3.63) is 29.0 Å². The number of imidazole rings is 1. The van der Waals surface area contributed by atoms with Crippen molar-refractivity contribution in [1.29, 1.82) is 0 Å². The van der Waals surface area contributed by atoms with Gasteiger partial charge in [0.15, 0.2) is 0 Å². The third kappa shape index (κ3) is 3.51. The van der Waals surface area contributed by atoms with Gasteiger partial charge in [-0.3, -0.25) is 4.90 Å². The first kappa shape index (κ1) is 15.1. The van der Waals surface area contributed by atoms with Gasteiger partial charge in [0.05, 0.1) is 30.1 Å². The molecule has 0 N–H and O–H groups in total. The number of morpholine rings is 1. The van der Waals surface area contributed by atoms with Gasteiger partial charge in [0.25, 0.3) is 0 Å². The van der Waals surface area contributed by atoms with Crippen molar-refractivity contribution in [3.8, 4) is 0 Å².